The van der Waals surface area contributed by atoms with Gasteiger partial charge in [0, 0.05) is 62.8 Å². The lowest BCUT2D eigenvalue weighted by Crippen LogP contribution is -2.16. The summed E-state index contributed by atoms with van der Waals surface area (Å²) < 4.78 is 5.41. The van der Waals surface area contributed by atoms with Gasteiger partial charge in [0.05, 0.1) is 0 Å². The van der Waals surface area contributed by atoms with Crippen LogP contribution in [0, 0.1) is 0 Å². The number of nitrogens with zero attached hydrogens (tertiary/aromatic N) is 1. The van der Waals surface area contributed by atoms with Crippen LogP contribution in [0.5, 0.6) is 0 Å². The molecule has 0 unspecified atom stereocenters. The summed E-state index contributed by atoms with van der Waals surface area (Å²) in [4.78, 5) is 2.42. The van der Waals surface area contributed by atoms with Crippen molar-refractivity contribution in [3.8, 4) is 11.1 Å². The van der Waals surface area contributed by atoms with E-state index in [2.05, 4.69) is 158 Å². The number of anilines is 3. The molecule has 46 heavy (non-hydrogen) atoms. The van der Waals surface area contributed by atoms with Crippen molar-refractivity contribution in [1.29, 1.82) is 0 Å². The molecular weight excluding hydrogens is 595 g/mol. The standard InChI is InChI=1S/C43H29NS2/c1-43(2)35-15-9-8-14-31(35)32-19-17-28(24-36(32)43)44(27-11-4-3-5-12-27)29-18-20-33-39(25-29)45-38-23-21-34-40-30-13-7-6-10-26(30)16-22-37(40)46-42(34)41(33)38/h3-25H,1-2H3. The van der Waals surface area contributed by atoms with Crippen LogP contribution in [-0.2, 0) is 5.41 Å². The van der Waals surface area contributed by atoms with Crippen molar-refractivity contribution in [3.63, 3.8) is 0 Å². The highest BCUT2D eigenvalue weighted by Gasteiger charge is 2.35. The summed E-state index contributed by atoms with van der Waals surface area (Å²) >= 11 is 3.84. The minimum atomic E-state index is -0.0549. The Hall–Kier alpha value is -4.96. The van der Waals surface area contributed by atoms with Gasteiger partial charge in [-0.1, -0.05) is 105 Å². The highest BCUT2D eigenvalue weighted by Crippen LogP contribution is 2.51. The summed E-state index contributed by atoms with van der Waals surface area (Å²) in [5.41, 5.74) is 8.96. The molecule has 218 valence electrons. The third-order valence-electron chi connectivity index (χ3n) is 10.0. The molecular formula is C43H29NS2. The number of thiophene rings is 2. The molecule has 0 spiro atoms. The van der Waals surface area contributed by atoms with E-state index >= 15 is 0 Å². The maximum atomic E-state index is 2.42. The predicted octanol–water partition coefficient (Wildman–Crippen LogP) is 13.4. The van der Waals surface area contributed by atoms with Gasteiger partial charge in [-0.15, -0.1) is 22.7 Å². The molecule has 0 radical (unpaired) electrons. The minimum absolute atomic E-state index is 0.0549. The predicted molar refractivity (Wildman–Crippen MR) is 202 cm³/mol. The second-order valence-electron chi connectivity index (χ2n) is 12.9. The van der Waals surface area contributed by atoms with Gasteiger partial charge in [0.1, 0.15) is 0 Å². The molecule has 1 aliphatic carbocycles. The smallest absolute Gasteiger partial charge is 0.0476 e. The normalized spacial score (nSPS) is 13.6. The van der Waals surface area contributed by atoms with Crippen molar-refractivity contribution < 1.29 is 0 Å². The van der Waals surface area contributed by atoms with Crippen molar-refractivity contribution >= 4 is 90.9 Å². The first-order chi connectivity index (χ1) is 22.6. The van der Waals surface area contributed by atoms with Crippen molar-refractivity contribution in [1.82, 2.24) is 0 Å². The topological polar surface area (TPSA) is 3.24 Å². The van der Waals surface area contributed by atoms with E-state index < -0.39 is 0 Å². The van der Waals surface area contributed by atoms with Crippen LogP contribution < -0.4 is 4.90 Å². The summed E-state index contributed by atoms with van der Waals surface area (Å²) in [6.07, 6.45) is 0. The van der Waals surface area contributed by atoms with E-state index in [-0.39, 0.29) is 5.41 Å². The molecule has 3 heteroatoms. The van der Waals surface area contributed by atoms with Crippen LogP contribution in [0.25, 0.3) is 62.2 Å². The zero-order chi connectivity index (χ0) is 30.6. The average Bonchev–Trinajstić information content (AvgIpc) is 3.73. The molecule has 1 nitrogen and oxygen atoms in total. The minimum Gasteiger partial charge on any atom is -0.310 e. The molecule has 9 aromatic rings. The lowest BCUT2D eigenvalue weighted by Gasteiger charge is -2.28. The number of fused-ring (bicyclic) bond motifs is 12. The maximum absolute atomic E-state index is 2.42. The molecule has 0 atom stereocenters. The van der Waals surface area contributed by atoms with Gasteiger partial charge >= 0.3 is 0 Å². The molecule has 0 amide bonds. The Morgan fingerprint density at radius 2 is 1.15 bits per heavy atom. The van der Waals surface area contributed by atoms with E-state index in [4.69, 9.17) is 0 Å². The fourth-order valence-corrected chi connectivity index (χ4v) is 10.3. The van der Waals surface area contributed by atoms with Crippen LogP contribution >= 0.6 is 22.7 Å². The first-order valence-corrected chi connectivity index (χ1v) is 17.5. The summed E-state index contributed by atoms with van der Waals surface area (Å²) in [7, 11) is 0. The maximum Gasteiger partial charge on any atom is 0.0476 e. The molecule has 1 aliphatic rings. The number of hydrogen-bond donors (Lipinski definition) is 0. The van der Waals surface area contributed by atoms with Gasteiger partial charge in [-0.05, 0) is 81.6 Å². The van der Waals surface area contributed by atoms with Gasteiger partial charge in [-0.3, -0.25) is 0 Å². The van der Waals surface area contributed by atoms with Gasteiger partial charge in [0.25, 0.3) is 0 Å². The van der Waals surface area contributed by atoms with Crippen molar-refractivity contribution in [2.75, 3.05) is 4.90 Å². The van der Waals surface area contributed by atoms with E-state index in [0.717, 1.165) is 5.69 Å². The zero-order valence-corrected chi connectivity index (χ0v) is 27.2. The summed E-state index contributed by atoms with van der Waals surface area (Å²) in [5, 5.41) is 8.11. The lowest BCUT2D eigenvalue weighted by atomic mass is 9.82. The summed E-state index contributed by atoms with van der Waals surface area (Å²) in [6.45, 7) is 4.71. The van der Waals surface area contributed by atoms with E-state index in [9.17, 15) is 0 Å². The zero-order valence-electron chi connectivity index (χ0n) is 25.5. The Morgan fingerprint density at radius 1 is 0.457 bits per heavy atom. The van der Waals surface area contributed by atoms with Crippen LogP contribution in [0.4, 0.5) is 17.1 Å². The van der Waals surface area contributed by atoms with Crippen LogP contribution in [-0.4, -0.2) is 0 Å². The largest absolute Gasteiger partial charge is 0.310 e. The SMILES string of the molecule is CC1(C)c2ccccc2-c2ccc(N(c3ccccc3)c3ccc4c(c3)sc3ccc5c(sc6ccc7ccccc7c65)c34)cc21. The first kappa shape index (κ1) is 26.3. The van der Waals surface area contributed by atoms with Gasteiger partial charge in [0.15, 0.2) is 0 Å². The van der Waals surface area contributed by atoms with Crippen molar-refractivity contribution in [2.24, 2.45) is 0 Å². The molecule has 2 heterocycles. The van der Waals surface area contributed by atoms with Crippen LogP contribution in [0.3, 0.4) is 0 Å². The quantitative estimate of drug-likeness (QED) is 0.189. The highest BCUT2D eigenvalue weighted by molar-refractivity contribution is 7.30. The number of benzene rings is 7. The fraction of sp³-hybridized carbons (Fsp3) is 0.0698. The number of hydrogen-bond acceptors (Lipinski definition) is 3. The Bertz CT molecular complexity index is 2670. The van der Waals surface area contributed by atoms with E-state index in [1.165, 1.54) is 84.7 Å². The molecule has 0 saturated heterocycles. The molecule has 2 aromatic heterocycles. The lowest BCUT2D eigenvalue weighted by molar-refractivity contribution is 0.660. The molecule has 0 N–H and O–H groups in total. The second kappa shape index (κ2) is 9.53. The van der Waals surface area contributed by atoms with E-state index in [1.807, 2.05) is 22.7 Å². The van der Waals surface area contributed by atoms with Crippen molar-refractivity contribution in [2.45, 2.75) is 19.3 Å². The van der Waals surface area contributed by atoms with E-state index in [0.29, 0.717) is 0 Å². The van der Waals surface area contributed by atoms with Gasteiger partial charge in [-0.25, -0.2) is 0 Å². The van der Waals surface area contributed by atoms with E-state index in [1.54, 1.807) is 0 Å². The van der Waals surface area contributed by atoms with Crippen LogP contribution in [0.2, 0.25) is 0 Å². The number of rotatable bonds is 3. The van der Waals surface area contributed by atoms with Gasteiger partial charge in [-0.2, -0.15) is 0 Å². The van der Waals surface area contributed by atoms with Crippen LogP contribution in [0.15, 0.2) is 140 Å². The van der Waals surface area contributed by atoms with Crippen LogP contribution in [0.1, 0.15) is 25.0 Å². The number of para-hydroxylation sites is 1. The molecule has 0 saturated carbocycles. The second-order valence-corrected chi connectivity index (χ2v) is 15.1. The molecule has 7 aromatic carbocycles. The Kier molecular flexibility index (Phi) is 5.44. The van der Waals surface area contributed by atoms with Gasteiger partial charge in [0.2, 0.25) is 0 Å². The Balaban J connectivity index is 1.17. The highest BCUT2D eigenvalue weighted by atomic mass is 32.1. The monoisotopic (exact) mass is 623 g/mol. The molecule has 10 rings (SSSR count). The summed E-state index contributed by atoms with van der Waals surface area (Å²) in [5.74, 6) is 0. The molecule has 0 bridgehead atoms. The third kappa shape index (κ3) is 3.61. The Morgan fingerprint density at radius 3 is 2.07 bits per heavy atom. The van der Waals surface area contributed by atoms with Crippen molar-refractivity contribution in [3.05, 3.63) is 151 Å². The average molecular weight is 624 g/mol. The summed E-state index contributed by atoms with van der Waals surface area (Å²) in [6, 6.07) is 51.8. The third-order valence-corrected chi connectivity index (χ3v) is 12.4. The fourth-order valence-electron chi connectivity index (χ4n) is 7.85. The molecule has 0 fully saturated rings. The van der Waals surface area contributed by atoms with Gasteiger partial charge < -0.3 is 4.90 Å². The Labute approximate surface area is 275 Å². The molecule has 0 aliphatic heterocycles. The first-order valence-electron chi connectivity index (χ1n) is 15.9.